The molecule has 0 bridgehead atoms. The lowest BCUT2D eigenvalue weighted by atomic mass is 10.0. The standard InChI is InChI=1S/C11H12ClNO/c1-7-2-3-10-8(4-7)5-9(6-14)11(12)13-10/h2-5,11,13-14H,6H2,1H3/t11-/m1/s1. The largest absolute Gasteiger partial charge is 0.392 e. The van der Waals surface area contributed by atoms with Crippen molar-refractivity contribution in [1.82, 2.24) is 0 Å². The number of halogens is 1. The van der Waals surface area contributed by atoms with E-state index in [0.29, 0.717) is 0 Å². The zero-order chi connectivity index (χ0) is 10.1. The molecular weight excluding hydrogens is 198 g/mol. The van der Waals surface area contributed by atoms with Crippen LogP contribution >= 0.6 is 11.6 Å². The first-order chi connectivity index (χ1) is 6.70. The zero-order valence-corrected chi connectivity index (χ0v) is 8.67. The summed E-state index contributed by atoms with van der Waals surface area (Å²) in [5.74, 6) is 0. The number of nitrogens with one attached hydrogen (secondary N) is 1. The van der Waals surface area contributed by atoms with Crippen LogP contribution in [0, 0.1) is 6.92 Å². The van der Waals surface area contributed by atoms with Gasteiger partial charge in [0.2, 0.25) is 0 Å². The van der Waals surface area contributed by atoms with Crippen LogP contribution in [0.2, 0.25) is 0 Å². The number of aliphatic hydroxyl groups is 1. The minimum atomic E-state index is -0.296. The first kappa shape index (κ1) is 9.56. The van der Waals surface area contributed by atoms with Gasteiger partial charge >= 0.3 is 0 Å². The Bertz CT molecular complexity index is 387. The fourth-order valence-corrected chi connectivity index (χ4v) is 1.81. The number of aryl methyl sites for hydroxylation is 1. The molecule has 2 N–H and O–H groups in total. The van der Waals surface area contributed by atoms with Gasteiger partial charge in [0.15, 0.2) is 0 Å². The van der Waals surface area contributed by atoms with Gasteiger partial charge in [-0.1, -0.05) is 23.2 Å². The van der Waals surface area contributed by atoms with Gasteiger partial charge in [-0.2, -0.15) is 0 Å². The molecule has 0 spiro atoms. The van der Waals surface area contributed by atoms with Gasteiger partial charge < -0.3 is 10.4 Å². The second-order valence-corrected chi connectivity index (χ2v) is 3.91. The smallest absolute Gasteiger partial charge is 0.126 e. The van der Waals surface area contributed by atoms with E-state index in [1.807, 2.05) is 25.1 Å². The highest BCUT2D eigenvalue weighted by atomic mass is 35.5. The first-order valence-electron chi connectivity index (χ1n) is 4.53. The molecule has 2 rings (SSSR count). The highest BCUT2D eigenvalue weighted by Crippen LogP contribution is 2.28. The molecule has 0 saturated carbocycles. The van der Waals surface area contributed by atoms with Crippen molar-refractivity contribution >= 4 is 23.4 Å². The molecule has 0 radical (unpaired) electrons. The summed E-state index contributed by atoms with van der Waals surface area (Å²) < 4.78 is 0. The lowest BCUT2D eigenvalue weighted by molar-refractivity contribution is 0.329. The molecule has 1 aliphatic heterocycles. The maximum atomic E-state index is 9.06. The van der Waals surface area contributed by atoms with Crippen LogP contribution < -0.4 is 5.32 Å². The lowest BCUT2D eigenvalue weighted by Crippen LogP contribution is -2.21. The molecule has 0 fully saturated rings. The van der Waals surface area contributed by atoms with Crippen LogP contribution in [0.5, 0.6) is 0 Å². The average molecular weight is 210 g/mol. The van der Waals surface area contributed by atoms with Crippen molar-refractivity contribution in [1.29, 1.82) is 0 Å². The topological polar surface area (TPSA) is 32.3 Å². The Hall–Kier alpha value is -0.990. The SMILES string of the molecule is Cc1ccc2c(c1)C=C(CO)[C@H](Cl)N2. The number of aliphatic hydroxyl groups excluding tert-OH is 1. The molecule has 0 aromatic heterocycles. The van der Waals surface area contributed by atoms with Crippen molar-refractivity contribution in [2.24, 2.45) is 0 Å². The van der Waals surface area contributed by atoms with Gasteiger partial charge in [0.05, 0.1) is 6.61 Å². The zero-order valence-electron chi connectivity index (χ0n) is 7.92. The molecule has 1 aromatic carbocycles. The van der Waals surface area contributed by atoms with Crippen LogP contribution in [0.25, 0.3) is 6.08 Å². The number of hydrogen-bond acceptors (Lipinski definition) is 2. The van der Waals surface area contributed by atoms with E-state index in [2.05, 4.69) is 11.4 Å². The second kappa shape index (κ2) is 3.64. The maximum absolute atomic E-state index is 9.06. The van der Waals surface area contributed by atoms with E-state index in [-0.39, 0.29) is 12.1 Å². The van der Waals surface area contributed by atoms with Gasteiger partial charge in [-0.3, -0.25) is 0 Å². The minimum absolute atomic E-state index is 0.00541. The second-order valence-electron chi connectivity index (χ2n) is 3.47. The molecule has 1 aromatic rings. The summed E-state index contributed by atoms with van der Waals surface area (Å²) in [6.07, 6.45) is 1.94. The lowest BCUT2D eigenvalue weighted by Gasteiger charge is -2.22. The summed E-state index contributed by atoms with van der Waals surface area (Å²) in [5.41, 5.74) is 3.82. The van der Waals surface area contributed by atoms with Crippen LogP contribution in [-0.4, -0.2) is 17.2 Å². The van der Waals surface area contributed by atoms with Crippen molar-refractivity contribution in [3.8, 4) is 0 Å². The third kappa shape index (κ3) is 1.63. The highest BCUT2D eigenvalue weighted by Gasteiger charge is 2.17. The molecule has 2 nitrogen and oxygen atoms in total. The van der Waals surface area contributed by atoms with Crippen molar-refractivity contribution in [2.45, 2.75) is 12.4 Å². The van der Waals surface area contributed by atoms with E-state index in [0.717, 1.165) is 16.8 Å². The molecule has 0 unspecified atom stereocenters. The molecule has 1 atom stereocenters. The van der Waals surface area contributed by atoms with E-state index in [1.54, 1.807) is 0 Å². The van der Waals surface area contributed by atoms with Crippen molar-refractivity contribution in [2.75, 3.05) is 11.9 Å². The van der Waals surface area contributed by atoms with E-state index in [9.17, 15) is 0 Å². The fraction of sp³-hybridized carbons (Fsp3) is 0.273. The highest BCUT2D eigenvalue weighted by molar-refractivity contribution is 6.24. The summed E-state index contributed by atoms with van der Waals surface area (Å²) in [4.78, 5) is 0. The summed E-state index contributed by atoms with van der Waals surface area (Å²) >= 11 is 6.01. The van der Waals surface area contributed by atoms with Crippen molar-refractivity contribution < 1.29 is 5.11 Å². The quantitative estimate of drug-likeness (QED) is 0.550. The van der Waals surface area contributed by atoms with Crippen LogP contribution in [0.3, 0.4) is 0 Å². The molecule has 0 saturated heterocycles. The third-order valence-corrected chi connectivity index (χ3v) is 2.73. The Morgan fingerprint density at radius 1 is 1.50 bits per heavy atom. The third-order valence-electron chi connectivity index (χ3n) is 2.34. The van der Waals surface area contributed by atoms with Gasteiger partial charge in [0.1, 0.15) is 5.50 Å². The number of fused-ring (bicyclic) bond motifs is 1. The predicted octanol–water partition coefficient (Wildman–Crippen LogP) is 2.36. The van der Waals surface area contributed by atoms with Gasteiger partial charge in [0, 0.05) is 5.69 Å². The molecular formula is C11H12ClNO. The summed E-state index contributed by atoms with van der Waals surface area (Å²) in [6.45, 7) is 2.04. The van der Waals surface area contributed by atoms with E-state index < -0.39 is 0 Å². The molecule has 14 heavy (non-hydrogen) atoms. The Labute approximate surface area is 88.2 Å². The number of hydrogen-bond donors (Lipinski definition) is 2. The van der Waals surface area contributed by atoms with Gasteiger partial charge in [-0.15, -0.1) is 0 Å². The van der Waals surface area contributed by atoms with Gasteiger partial charge in [-0.25, -0.2) is 0 Å². The van der Waals surface area contributed by atoms with E-state index in [4.69, 9.17) is 16.7 Å². The van der Waals surface area contributed by atoms with Crippen LogP contribution in [0.4, 0.5) is 5.69 Å². The Morgan fingerprint density at radius 3 is 3.00 bits per heavy atom. The molecule has 74 valence electrons. The number of rotatable bonds is 1. The summed E-state index contributed by atoms with van der Waals surface area (Å²) in [6, 6.07) is 6.11. The minimum Gasteiger partial charge on any atom is -0.392 e. The van der Waals surface area contributed by atoms with E-state index in [1.165, 1.54) is 5.56 Å². The number of benzene rings is 1. The van der Waals surface area contributed by atoms with E-state index >= 15 is 0 Å². The molecule has 3 heteroatoms. The summed E-state index contributed by atoms with van der Waals surface area (Å²) in [5, 5.41) is 12.2. The fourth-order valence-electron chi connectivity index (χ4n) is 1.56. The molecule has 1 heterocycles. The molecule has 1 aliphatic rings. The Morgan fingerprint density at radius 2 is 2.29 bits per heavy atom. The molecule has 0 aliphatic carbocycles. The number of anilines is 1. The van der Waals surface area contributed by atoms with Crippen molar-refractivity contribution in [3.05, 3.63) is 34.9 Å². The average Bonchev–Trinajstić information content (AvgIpc) is 2.17. The maximum Gasteiger partial charge on any atom is 0.126 e. The number of alkyl halides is 1. The first-order valence-corrected chi connectivity index (χ1v) is 4.97. The Kier molecular flexibility index (Phi) is 2.48. The Balaban J connectivity index is 2.46. The van der Waals surface area contributed by atoms with Gasteiger partial charge in [-0.05, 0) is 36.3 Å². The van der Waals surface area contributed by atoms with Crippen LogP contribution in [0.1, 0.15) is 11.1 Å². The van der Waals surface area contributed by atoms with Crippen LogP contribution in [0.15, 0.2) is 23.8 Å². The van der Waals surface area contributed by atoms with Crippen molar-refractivity contribution in [3.63, 3.8) is 0 Å². The molecule has 0 amide bonds. The summed E-state index contributed by atoms with van der Waals surface area (Å²) in [7, 11) is 0. The van der Waals surface area contributed by atoms with Crippen LogP contribution in [-0.2, 0) is 0 Å². The van der Waals surface area contributed by atoms with Gasteiger partial charge in [0.25, 0.3) is 0 Å². The predicted molar refractivity (Wildman–Crippen MR) is 59.5 cm³/mol. The monoisotopic (exact) mass is 209 g/mol. The normalized spacial score (nSPS) is 19.6.